The lowest BCUT2D eigenvalue weighted by atomic mass is 9.96. The third-order valence-corrected chi connectivity index (χ3v) is 6.15. The summed E-state index contributed by atoms with van der Waals surface area (Å²) in [5.41, 5.74) is 1.51. The maximum absolute atomic E-state index is 13.0. The number of aryl methyl sites for hydroxylation is 1. The molecule has 0 atom stereocenters. The van der Waals surface area contributed by atoms with Gasteiger partial charge in [-0.15, -0.1) is 11.3 Å². The second kappa shape index (κ2) is 8.13. The first-order valence-corrected chi connectivity index (χ1v) is 10.6. The number of piperazine rings is 1. The Hall–Kier alpha value is -2.05. The van der Waals surface area contributed by atoms with Crippen molar-refractivity contribution in [3.05, 3.63) is 45.8 Å². The van der Waals surface area contributed by atoms with Gasteiger partial charge in [0.15, 0.2) is 0 Å². The average Bonchev–Trinajstić information content (AvgIpc) is 3.00. The van der Waals surface area contributed by atoms with Crippen LogP contribution in [0.2, 0.25) is 5.02 Å². The zero-order valence-corrected chi connectivity index (χ0v) is 18.3. The Morgan fingerprint density at radius 1 is 1.11 bits per heavy atom. The molecule has 7 heteroatoms. The molecular weight excluding hydrogens is 394 g/mol. The lowest BCUT2D eigenvalue weighted by Crippen LogP contribution is -2.48. The summed E-state index contributed by atoms with van der Waals surface area (Å²) in [6.45, 7) is 10.4. The zero-order chi connectivity index (χ0) is 20.5. The molecule has 2 heterocycles. The van der Waals surface area contributed by atoms with Gasteiger partial charge in [-0.05, 0) is 36.8 Å². The molecule has 2 aromatic rings. The van der Waals surface area contributed by atoms with Crippen LogP contribution >= 0.6 is 22.9 Å². The molecule has 150 valence electrons. The molecule has 1 N–H and O–H groups in total. The Morgan fingerprint density at radius 3 is 2.39 bits per heavy atom. The Kier molecular flexibility index (Phi) is 6.01. The van der Waals surface area contributed by atoms with Gasteiger partial charge in [0, 0.05) is 42.3 Å². The number of anilines is 2. The van der Waals surface area contributed by atoms with Crippen molar-refractivity contribution < 1.29 is 9.59 Å². The van der Waals surface area contributed by atoms with Crippen LogP contribution in [0.15, 0.2) is 30.3 Å². The van der Waals surface area contributed by atoms with Crippen LogP contribution in [0.4, 0.5) is 10.7 Å². The normalized spacial score (nSPS) is 14.9. The van der Waals surface area contributed by atoms with Gasteiger partial charge in [-0.25, -0.2) is 0 Å². The van der Waals surface area contributed by atoms with Crippen molar-refractivity contribution in [2.75, 3.05) is 36.4 Å². The molecule has 1 aliphatic heterocycles. The summed E-state index contributed by atoms with van der Waals surface area (Å²) in [6.07, 6.45) is 0. The van der Waals surface area contributed by atoms with Crippen LogP contribution < -0.4 is 10.2 Å². The van der Waals surface area contributed by atoms with E-state index in [0.29, 0.717) is 18.0 Å². The molecule has 0 unspecified atom stereocenters. The number of amides is 2. The second-order valence-corrected chi connectivity index (χ2v) is 9.57. The second-order valence-electron chi connectivity index (χ2n) is 8.09. The Morgan fingerprint density at radius 2 is 1.79 bits per heavy atom. The maximum atomic E-state index is 13.0. The molecule has 3 rings (SSSR count). The number of thiophene rings is 1. The van der Waals surface area contributed by atoms with Gasteiger partial charge in [-0.3, -0.25) is 9.59 Å². The smallest absolute Gasteiger partial charge is 0.264 e. The van der Waals surface area contributed by atoms with Gasteiger partial charge in [0.2, 0.25) is 5.91 Å². The van der Waals surface area contributed by atoms with E-state index >= 15 is 0 Å². The molecule has 5 nitrogen and oxygen atoms in total. The van der Waals surface area contributed by atoms with Crippen LogP contribution in [-0.2, 0) is 4.79 Å². The SMILES string of the molecule is Cc1cc(NC(=O)C(C)(C)C)sc1C(=O)N1CCN(c2cccc(Cl)c2)CC1. The van der Waals surface area contributed by atoms with E-state index in [2.05, 4.69) is 10.2 Å². The van der Waals surface area contributed by atoms with Crippen molar-refractivity contribution in [1.82, 2.24) is 4.90 Å². The zero-order valence-electron chi connectivity index (χ0n) is 16.7. The number of nitrogens with one attached hydrogen (secondary N) is 1. The number of carbonyl (C=O) groups excluding carboxylic acids is 2. The van der Waals surface area contributed by atoms with Crippen molar-refractivity contribution in [3.8, 4) is 0 Å². The topological polar surface area (TPSA) is 52.7 Å². The van der Waals surface area contributed by atoms with E-state index in [1.807, 2.05) is 62.9 Å². The van der Waals surface area contributed by atoms with Crippen LogP contribution in [0.5, 0.6) is 0 Å². The number of hydrogen-bond donors (Lipinski definition) is 1. The Labute approximate surface area is 175 Å². The molecule has 2 amide bonds. The molecule has 1 aromatic heterocycles. The highest BCUT2D eigenvalue weighted by atomic mass is 35.5. The first-order valence-electron chi connectivity index (χ1n) is 9.37. The molecule has 0 aliphatic carbocycles. The van der Waals surface area contributed by atoms with Crippen LogP contribution in [0.1, 0.15) is 36.0 Å². The van der Waals surface area contributed by atoms with Crippen molar-refractivity contribution in [2.45, 2.75) is 27.7 Å². The predicted molar refractivity (Wildman–Crippen MR) is 117 cm³/mol. The Bertz CT molecular complexity index is 880. The molecule has 28 heavy (non-hydrogen) atoms. The van der Waals surface area contributed by atoms with Gasteiger partial charge in [-0.2, -0.15) is 0 Å². The van der Waals surface area contributed by atoms with Crippen LogP contribution in [0.25, 0.3) is 0 Å². The van der Waals surface area contributed by atoms with E-state index in [1.165, 1.54) is 11.3 Å². The van der Waals surface area contributed by atoms with Gasteiger partial charge < -0.3 is 15.1 Å². The van der Waals surface area contributed by atoms with E-state index in [9.17, 15) is 9.59 Å². The van der Waals surface area contributed by atoms with Gasteiger partial charge in [0.05, 0.1) is 9.88 Å². The summed E-state index contributed by atoms with van der Waals surface area (Å²) in [5, 5.41) is 4.36. The minimum absolute atomic E-state index is 0.0319. The molecule has 0 bridgehead atoms. The molecule has 1 fully saturated rings. The summed E-state index contributed by atoms with van der Waals surface area (Å²) in [5.74, 6) is -0.0209. The summed E-state index contributed by atoms with van der Waals surface area (Å²) < 4.78 is 0. The lowest BCUT2D eigenvalue weighted by Gasteiger charge is -2.36. The highest BCUT2D eigenvalue weighted by Crippen LogP contribution is 2.30. The molecular formula is C21H26ClN3O2S. The summed E-state index contributed by atoms with van der Waals surface area (Å²) in [4.78, 5) is 30.0. The average molecular weight is 420 g/mol. The third kappa shape index (κ3) is 4.67. The fourth-order valence-electron chi connectivity index (χ4n) is 3.04. The summed E-state index contributed by atoms with van der Waals surface area (Å²) in [7, 11) is 0. The van der Waals surface area contributed by atoms with Crippen LogP contribution in [0, 0.1) is 12.3 Å². The lowest BCUT2D eigenvalue weighted by molar-refractivity contribution is -0.123. The number of carbonyl (C=O) groups is 2. The van der Waals surface area contributed by atoms with E-state index in [4.69, 9.17) is 11.6 Å². The van der Waals surface area contributed by atoms with Gasteiger partial charge >= 0.3 is 0 Å². The fraction of sp³-hybridized carbons (Fsp3) is 0.429. The van der Waals surface area contributed by atoms with Gasteiger partial charge in [-0.1, -0.05) is 38.4 Å². The number of hydrogen-bond acceptors (Lipinski definition) is 4. The maximum Gasteiger partial charge on any atom is 0.264 e. The number of benzene rings is 1. The highest BCUT2D eigenvalue weighted by molar-refractivity contribution is 7.18. The Balaban J connectivity index is 1.64. The van der Waals surface area contributed by atoms with E-state index in [1.54, 1.807) is 0 Å². The number of halogens is 1. The standard InChI is InChI=1S/C21H26ClN3O2S/c1-14-12-17(23-20(27)21(2,3)4)28-18(14)19(26)25-10-8-24(9-11-25)16-7-5-6-15(22)13-16/h5-7,12-13H,8-11H2,1-4H3,(H,23,27). The van der Waals surface area contributed by atoms with Crippen molar-refractivity contribution in [2.24, 2.45) is 5.41 Å². The van der Waals surface area contributed by atoms with E-state index < -0.39 is 5.41 Å². The molecule has 0 spiro atoms. The summed E-state index contributed by atoms with van der Waals surface area (Å²) in [6, 6.07) is 9.67. The number of nitrogens with zero attached hydrogens (tertiary/aromatic N) is 2. The van der Waals surface area contributed by atoms with Crippen molar-refractivity contribution >= 4 is 45.4 Å². The first-order chi connectivity index (χ1) is 13.1. The minimum Gasteiger partial charge on any atom is -0.368 e. The fourth-order valence-corrected chi connectivity index (χ4v) is 4.26. The van der Waals surface area contributed by atoms with Crippen LogP contribution in [-0.4, -0.2) is 42.9 Å². The monoisotopic (exact) mass is 419 g/mol. The molecule has 1 saturated heterocycles. The minimum atomic E-state index is -0.473. The van der Waals surface area contributed by atoms with E-state index in [0.717, 1.165) is 34.4 Å². The number of rotatable bonds is 3. The van der Waals surface area contributed by atoms with Gasteiger partial charge in [0.25, 0.3) is 5.91 Å². The van der Waals surface area contributed by atoms with Crippen LogP contribution in [0.3, 0.4) is 0 Å². The summed E-state index contributed by atoms with van der Waals surface area (Å²) >= 11 is 7.44. The third-order valence-electron chi connectivity index (χ3n) is 4.77. The molecule has 0 radical (unpaired) electrons. The molecule has 1 aromatic carbocycles. The van der Waals surface area contributed by atoms with E-state index in [-0.39, 0.29) is 11.8 Å². The molecule has 1 aliphatic rings. The van der Waals surface area contributed by atoms with Crippen molar-refractivity contribution in [3.63, 3.8) is 0 Å². The van der Waals surface area contributed by atoms with Gasteiger partial charge in [0.1, 0.15) is 0 Å². The predicted octanol–water partition coefficient (Wildman–Crippen LogP) is 4.66. The highest BCUT2D eigenvalue weighted by Gasteiger charge is 2.26. The quantitative estimate of drug-likeness (QED) is 0.787. The van der Waals surface area contributed by atoms with Crippen molar-refractivity contribution in [1.29, 1.82) is 0 Å². The largest absolute Gasteiger partial charge is 0.368 e. The molecule has 0 saturated carbocycles. The first kappa shape index (κ1) is 20.7.